The number of esters is 1. The van der Waals surface area contributed by atoms with Crippen LogP contribution in [0.25, 0.3) is 0 Å². The van der Waals surface area contributed by atoms with E-state index in [1.54, 1.807) is 0 Å². The lowest BCUT2D eigenvalue weighted by Gasteiger charge is -2.15. The minimum Gasteiger partial charge on any atom is -0.463 e. The van der Waals surface area contributed by atoms with E-state index in [1.807, 2.05) is 0 Å². The molecule has 9 nitrogen and oxygen atoms in total. The van der Waals surface area contributed by atoms with E-state index < -0.39 is 26.5 Å². The van der Waals surface area contributed by atoms with Crippen LogP contribution in [-0.2, 0) is 27.9 Å². The topological polar surface area (TPSA) is 131 Å². The fraction of sp³-hybridized carbons (Fsp3) is 0.842. The van der Waals surface area contributed by atoms with Crippen molar-refractivity contribution in [1.82, 2.24) is 5.32 Å². The summed E-state index contributed by atoms with van der Waals surface area (Å²) in [4.78, 5) is 33.7. The van der Waals surface area contributed by atoms with Crippen molar-refractivity contribution in [3.05, 3.63) is 24.3 Å². The van der Waals surface area contributed by atoms with Crippen molar-refractivity contribution in [3.63, 3.8) is 0 Å². The highest BCUT2D eigenvalue weighted by Crippen LogP contribution is 2.42. The van der Waals surface area contributed by atoms with Crippen molar-refractivity contribution in [2.45, 2.75) is 180 Å². The first kappa shape index (κ1) is 46.5. The number of hydrogen-bond acceptors (Lipinski definition) is 7. The predicted octanol–water partition coefficient (Wildman–Crippen LogP) is 10.0. The third-order valence-electron chi connectivity index (χ3n) is 8.10. The van der Waals surface area contributed by atoms with Crippen LogP contribution in [0.3, 0.4) is 0 Å². The van der Waals surface area contributed by atoms with E-state index in [9.17, 15) is 24.2 Å². The van der Waals surface area contributed by atoms with Gasteiger partial charge in [0.1, 0.15) is 12.7 Å². The fourth-order valence-electron chi connectivity index (χ4n) is 5.13. The molecule has 0 saturated carbocycles. The van der Waals surface area contributed by atoms with Crippen LogP contribution >= 0.6 is 7.82 Å². The highest BCUT2D eigenvalue weighted by atomic mass is 31.2. The Labute approximate surface area is 293 Å². The van der Waals surface area contributed by atoms with Gasteiger partial charge in [-0.2, -0.15) is 0 Å². The Morgan fingerprint density at radius 2 is 1.06 bits per heavy atom. The zero-order valence-corrected chi connectivity index (χ0v) is 31.6. The summed E-state index contributed by atoms with van der Waals surface area (Å²) in [7, 11) is -4.41. The summed E-state index contributed by atoms with van der Waals surface area (Å²) in [6.45, 7) is 3.50. The molecule has 0 aromatic rings. The average molecular weight is 702 g/mol. The Bertz CT molecular complexity index is 851. The smallest absolute Gasteiger partial charge is 0.463 e. The third-order valence-corrected chi connectivity index (χ3v) is 9.09. The molecule has 1 amide bonds. The molecule has 0 bridgehead atoms. The lowest BCUT2D eigenvalue weighted by molar-refractivity contribution is -0.147. The second-order valence-corrected chi connectivity index (χ2v) is 14.3. The van der Waals surface area contributed by atoms with Crippen LogP contribution in [0.4, 0.5) is 0 Å². The number of ether oxygens (including phenoxy) is 1. The standard InChI is InChI=1S/C38H72NO8P/c1-3-5-7-9-11-13-15-17-19-21-23-25-27-29-31-38(42)45-34-36(40)35-47-48(43,44)46-33-32-39-37(41)30-28-26-24-22-20-18-16-14-12-10-8-6-4-2/h14-17,36,40H,3-13,18-35H2,1-2H3,(H,39,41)(H,43,44)/b16-14-,17-15-. The van der Waals surface area contributed by atoms with Gasteiger partial charge in [0.05, 0.1) is 13.2 Å². The minimum atomic E-state index is -4.41. The zero-order chi connectivity index (χ0) is 35.4. The van der Waals surface area contributed by atoms with Crippen LogP contribution in [0.5, 0.6) is 0 Å². The van der Waals surface area contributed by atoms with Gasteiger partial charge in [0.25, 0.3) is 0 Å². The monoisotopic (exact) mass is 701 g/mol. The van der Waals surface area contributed by atoms with Crippen LogP contribution < -0.4 is 5.32 Å². The molecular formula is C38H72NO8P. The van der Waals surface area contributed by atoms with Gasteiger partial charge in [-0.15, -0.1) is 0 Å². The van der Waals surface area contributed by atoms with Crippen molar-refractivity contribution >= 4 is 19.7 Å². The molecule has 2 atom stereocenters. The lowest BCUT2D eigenvalue weighted by atomic mass is 10.1. The first-order chi connectivity index (χ1) is 23.3. The summed E-state index contributed by atoms with van der Waals surface area (Å²) < 4.78 is 26.7. The average Bonchev–Trinajstić information content (AvgIpc) is 3.07. The Hall–Kier alpha value is -1.51. The normalized spacial score (nSPS) is 13.7. The summed E-state index contributed by atoms with van der Waals surface area (Å²) in [6.07, 6.45) is 35.3. The van der Waals surface area contributed by atoms with Crippen molar-refractivity contribution < 1.29 is 37.9 Å². The van der Waals surface area contributed by atoms with Crippen molar-refractivity contribution in [2.75, 3.05) is 26.4 Å². The largest absolute Gasteiger partial charge is 0.472 e. The van der Waals surface area contributed by atoms with Gasteiger partial charge in [0.2, 0.25) is 5.91 Å². The number of nitrogens with one attached hydrogen (secondary N) is 1. The number of allylic oxidation sites excluding steroid dienone is 4. The number of rotatable bonds is 36. The zero-order valence-electron chi connectivity index (χ0n) is 30.7. The Kier molecular flexibility index (Phi) is 34.2. The van der Waals surface area contributed by atoms with Gasteiger partial charge < -0.3 is 20.1 Å². The number of unbranched alkanes of at least 4 members (excludes halogenated alkanes) is 19. The molecule has 0 saturated heterocycles. The molecule has 0 radical (unpaired) electrons. The van der Waals surface area contributed by atoms with E-state index in [2.05, 4.69) is 43.5 Å². The molecule has 0 fully saturated rings. The number of aliphatic hydroxyl groups is 1. The number of hydrogen-bond donors (Lipinski definition) is 3. The summed E-state index contributed by atoms with van der Waals surface area (Å²) >= 11 is 0. The molecule has 0 heterocycles. The second kappa shape index (κ2) is 35.3. The summed E-state index contributed by atoms with van der Waals surface area (Å²) in [5, 5.41) is 12.6. The number of phosphoric ester groups is 1. The molecule has 48 heavy (non-hydrogen) atoms. The SMILES string of the molecule is CCCCCC/C=C\CCCCCCCC(=O)NCCOP(=O)(O)OCC(O)COC(=O)CCCCCCC/C=C\CCCCCCC. The maximum absolute atomic E-state index is 12.0. The van der Waals surface area contributed by atoms with Crippen molar-refractivity contribution in [2.24, 2.45) is 0 Å². The third kappa shape index (κ3) is 35.8. The molecule has 0 rings (SSSR count). The van der Waals surface area contributed by atoms with Gasteiger partial charge >= 0.3 is 13.8 Å². The summed E-state index contributed by atoms with van der Waals surface area (Å²) in [5.74, 6) is -0.534. The van der Waals surface area contributed by atoms with Gasteiger partial charge in [-0.25, -0.2) is 4.57 Å². The van der Waals surface area contributed by atoms with E-state index in [-0.39, 0.29) is 32.1 Å². The summed E-state index contributed by atoms with van der Waals surface area (Å²) in [5.41, 5.74) is 0. The highest BCUT2D eigenvalue weighted by molar-refractivity contribution is 7.47. The number of aliphatic hydroxyl groups excluding tert-OH is 1. The molecule has 0 spiro atoms. The molecule has 0 aromatic heterocycles. The quantitative estimate of drug-likeness (QED) is 0.0255. The van der Waals surface area contributed by atoms with Crippen molar-refractivity contribution in [3.8, 4) is 0 Å². The Morgan fingerprint density at radius 3 is 1.58 bits per heavy atom. The Morgan fingerprint density at radius 1 is 0.625 bits per heavy atom. The maximum Gasteiger partial charge on any atom is 0.472 e. The number of amides is 1. The van der Waals surface area contributed by atoms with E-state index >= 15 is 0 Å². The number of carbonyl (C=O) groups excluding carboxylic acids is 2. The maximum atomic E-state index is 12.0. The lowest BCUT2D eigenvalue weighted by Crippen LogP contribution is -2.27. The van der Waals surface area contributed by atoms with Crippen LogP contribution in [0.15, 0.2) is 24.3 Å². The molecule has 0 aliphatic rings. The van der Waals surface area contributed by atoms with E-state index in [0.29, 0.717) is 6.42 Å². The minimum absolute atomic E-state index is 0.0774. The molecule has 2 unspecified atom stereocenters. The second-order valence-electron chi connectivity index (χ2n) is 12.9. The predicted molar refractivity (Wildman–Crippen MR) is 197 cm³/mol. The van der Waals surface area contributed by atoms with E-state index in [1.165, 1.54) is 77.0 Å². The van der Waals surface area contributed by atoms with Crippen LogP contribution in [0.2, 0.25) is 0 Å². The first-order valence-electron chi connectivity index (χ1n) is 19.3. The van der Waals surface area contributed by atoms with E-state index in [4.69, 9.17) is 13.8 Å². The van der Waals surface area contributed by atoms with Gasteiger partial charge in [0, 0.05) is 19.4 Å². The van der Waals surface area contributed by atoms with Gasteiger partial charge in [-0.05, 0) is 64.2 Å². The molecule has 0 aliphatic heterocycles. The van der Waals surface area contributed by atoms with Crippen LogP contribution in [-0.4, -0.2) is 54.3 Å². The van der Waals surface area contributed by atoms with Crippen molar-refractivity contribution in [1.29, 1.82) is 0 Å². The molecular weight excluding hydrogens is 629 g/mol. The number of phosphoric acid groups is 1. The fourth-order valence-corrected chi connectivity index (χ4v) is 5.89. The van der Waals surface area contributed by atoms with Gasteiger partial charge in [-0.1, -0.05) is 122 Å². The molecule has 0 aliphatic carbocycles. The Balaban J connectivity index is 3.64. The highest BCUT2D eigenvalue weighted by Gasteiger charge is 2.23. The van der Waals surface area contributed by atoms with Crippen LogP contribution in [0.1, 0.15) is 174 Å². The van der Waals surface area contributed by atoms with E-state index in [0.717, 1.165) is 70.6 Å². The van der Waals surface area contributed by atoms with Gasteiger partial charge in [-0.3, -0.25) is 18.6 Å². The molecule has 3 N–H and O–H groups in total. The first-order valence-corrected chi connectivity index (χ1v) is 20.8. The van der Waals surface area contributed by atoms with Gasteiger partial charge in [0.15, 0.2) is 0 Å². The molecule has 282 valence electrons. The molecule has 10 heteroatoms. The summed E-state index contributed by atoms with van der Waals surface area (Å²) in [6, 6.07) is 0. The van der Waals surface area contributed by atoms with Crippen LogP contribution in [0, 0.1) is 0 Å². The molecule has 0 aromatic carbocycles. The number of carbonyl (C=O) groups is 2.